The second kappa shape index (κ2) is 7.29. The number of methoxy groups -OCH3 is 1. The summed E-state index contributed by atoms with van der Waals surface area (Å²) in [6, 6.07) is 14.6. The van der Waals surface area contributed by atoms with E-state index in [-0.39, 0.29) is 29.3 Å². The van der Waals surface area contributed by atoms with E-state index in [1.54, 1.807) is 36.4 Å². The summed E-state index contributed by atoms with van der Waals surface area (Å²) >= 11 is 0. The third-order valence-corrected chi connectivity index (χ3v) is 5.51. The van der Waals surface area contributed by atoms with E-state index in [4.69, 9.17) is 15.2 Å². The van der Waals surface area contributed by atoms with E-state index in [2.05, 4.69) is 0 Å². The molecule has 31 heavy (non-hydrogen) atoms. The van der Waals surface area contributed by atoms with Crippen molar-refractivity contribution in [2.75, 3.05) is 12.0 Å². The van der Waals surface area contributed by atoms with Gasteiger partial charge in [-0.15, -0.1) is 0 Å². The van der Waals surface area contributed by atoms with Crippen molar-refractivity contribution in [3.63, 3.8) is 0 Å². The van der Waals surface area contributed by atoms with Crippen LogP contribution < -0.4 is 10.6 Å². The topological polar surface area (TPSA) is 106 Å². The summed E-state index contributed by atoms with van der Waals surface area (Å²) in [4.78, 5) is 28.2. The Bertz CT molecular complexity index is 1230. The molecule has 0 saturated heterocycles. The van der Waals surface area contributed by atoms with E-state index < -0.39 is 23.1 Å². The van der Waals surface area contributed by atoms with Crippen molar-refractivity contribution in [1.82, 2.24) is 0 Å². The molecule has 1 spiro atoms. The van der Waals surface area contributed by atoms with Crippen LogP contribution in [0.1, 0.15) is 18.1 Å². The molecule has 0 saturated carbocycles. The summed E-state index contributed by atoms with van der Waals surface area (Å²) in [5, 5.41) is 9.94. The Balaban J connectivity index is 2.00. The first-order valence-corrected chi connectivity index (χ1v) is 9.40. The second-order valence-corrected chi connectivity index (χ2v) is 7.16. The summed E-state index contributed by atoms with van der Waals surface area (Å²) in [7, 11) is 1.18. The highest BCUT2D eigenvalue weighted by atomic mass is 19.1. The molecule has 0 unspecified atom stereocenters. The number of para-hydroxylation sites is 1. The van der Waals surface area contributed by atoms with Gasteiger partial charge >= 0.3 is 5.97 Å². The highest BCUT2D eigenvalue weighted by molar-refractivity contribution is 6.18. The number of carbonyl (C=O) groups excluding carboxylic acids is 2. The summed E-state index contributed by atoms with van der Waals surface area (Å²) in [6.45, 7) is 1.52. The Morgan fingerprint density at radius 1 is 1.29 bits per heavy atom. The third-order valence-electron chi connectivity index (χ3n) is 5.51. The van der Waals surface area contributed by atoms with Crippen molar-refractivity contribution < 1.29 is 23.5 Å². The maximum atomic E-state index is 14.0. The molecule has 0 aromatic heterocycles. The molecule has 8 heteroatoms. The van der Waals surface area contributed by atoms with Gasteiger partial charge in [-0.3, -0.25) is 4.79 Å². The minimum atomic E-state index is -1.82. The molecular weight excluding hydrogens is 401 g/mol. The molecule has 2 aliphatic rings. The number of benzene rings is 2. The molecule has 2 aliphatic heterocycles. The molecule has 0 radical (unpaired) electrons. The molecule has 2 aromatic carbocycles. The number of amides is 1. The quantitative estimate of drug-likeness (QED) is 0.767. The predicted octanol–water partition coefficient (Wildman–Crippen LogP) is 2.78. The average Bonchev–Trinajstić information content (AvgIpc) is 2.97. The largest absolute Gasteiger partial charge is 0.466 e. The lowest BCUT2D eigenvalue weighted by molar-refractivity contribution is -0.138. The first kappa shape index (κ1) is 20.2. The number of halogens is 1. The number of allylic oxidation sites excluding steroid dienone is 1. The molecule has 4 rings (SSSR count). The van der Waals surface area contributed by atoms with E-state index in [1.165, 1.54) is 31.1 Å². The summed E-state index contributed by atoms with van der Waals surface area (Å²) < 4.78 is 24.1. The number of hydrogen-bond acceptors (Lipinski definition) is 6. The number of rotatable bonds is 3. The number of anilines is 1. The van der Waals surface area contributed by atoms with Crippen molar-refractivity contribution in [1.29, 1.82) is 5.26 Å². The molecule has 0 bridgehead atoms. The fraction of sp³-hybridized carbons (Fsp3) is 0.174. The van der Waals surface area contributed by atoms with Crippen molar-refractivity contribution in [3.05, 3.63) is 88.3 Å². The highest BCUT2D eigenvalue weighted by Crippen LogP contribution is 2.54. The molecule has 2 heterocycles. The number of ether oxygens (including phenoxy) is 2. The number of nitriles is 1. The normalized spacial score (nSPS) is 19.9. The molecule has 156 valence electrons. The number of nitrogens with two attached hydrogens (primary N) is 1. The predicted molar refractivity (Wildman–Crippen MR) is 108 cm³/mol. The Morgan fingerprint density at radius 2 is 2.03 bits per heavy atom. The van der Waals surface area contributed by atoms with Gasteiger partial charge in [0, 0.05) is 11.3 Å². The monoisotopic (exact) mass is 419 g/mol. The van der Waals surface area contributed by atoms with E-state index in [9.17, 15) is 19.2 Å². The van der Waals surface area contributed by atoms with Crippen molar-refractivity contribution in [2.24, 2.45) is 5.73 Å². The Kier molecular flexibility index (Phi) is 4.74. The van der Waals surface area contributed by atoms with E-state index >= 15 is 0 Å². The molecule has 1 amide bonds. The molecule has 0 aliphatic carbocycles. The van der Waals surface area contributed by atoms with Gasteiger partial charge in [0.2, 0.25) is 11.8 Å². The van der Waals surface area contributed by atoms with Crippen LogP contribution in [0.5, 0.6) is 0 Å². The maximum Gasteiger partial charge on any atom is 0.339 e. The fourth-order valence-electron chi connectivity index (χ4n) is 4.29. The Labute approximate surface area is 177 Å². The van der Waals surface area contributed by atoms with Gasteiger partial charge in [0.25, 0.3) is 0 Å². The molecule has 2 N–H and O–H groups in total. The van der Waals surface area contributed by atoms with Crippen LogP contribution in [0.2, 0.25) is 0 Å². The van der Waals surface area contributed by atoms with Gasteiger partial charge in [-0.25, -0.2) is 9.18 Å². The molecular formula is C23H18FN3O4. The minimum absolute atomic E-state index is 0.0301. The summed E-state index contributed by atoms with van der Waals surface area (Å²) in [6.07, 6.45) is 0. The van der Waals surface area contributed by atoms with Crippen LogP contribution in [0.4, 0.5) is 10.1 Å². The lowest BCUT2D eigenvalue weighted by Crippen LogP contribution is -2.48. The zero-order chi connectivity index (χ0) is 22.3. The number of nitrogens with zero attached hydrogens (tertiary/aromatic N) is 2. The van der Waals surface area contributed by atoms with Gasteiger partial charge in [0.1, 0.15) is 28.8 Å². The van der Waals surface area contributed by atoms with Gasteiger partial charge in [0.05, 0.1) is 13.7 Å². The maximum absolute atomic E-state index is 14.0. The minimum Gasteiger partial charge on any atom is -0.466 e. The number of esters is 1. The van der Waals surface area contributed by atoms with E-state index in [0.29, 0.717) is 16.8 Å². The van der Waals surface area contributed by atoms with Gasteiger partial charge in [-0.1, -0.05) is 30.3 Å². The van der Waals surface area contributed by atoms with Gasteiger partial charge in [-0.2, -0.15) is 5.26 Å². The van der Waals surface area contributed by atoms with Crippen LogP contribution in [0, 0.1) is 17.1 Å². The van der Waals surface area contributed by atoms with Gasteiger partial charge in [0.15, 0.2) is 5.41 Å². The number of hydrogen-bond donors (Lipinski definition) is 1. The second-order valence-electron chi connectivity index (χ2n) is 7.16. The van der Waals surface area contributed by atoms with Gasteiger partial charge in [-0.05, 0) is 30.7 Å². The first-order valence-electron chi connectivity index (χ1n) is 9.40. The first-order chi connectivity index (χ1) is 14.9. The SMILES string of the molecule is COC(=O)C1=C(C)OC(N)=C(C#N)[C@@]12C(=O)N(Cc1cccc(F)c1)c1ccccc12. The zero-order valence-corrected chi connectivity index (χ0v) is 16.8. The van der Waals surface area contributed by atoms with Gasteiger partial charge < -0.3 is 20.1 Å². The lowest BCUT2D eigenvalue weighted by atomic mass is 9.68. The van der Waals surface area contributed by atoms with Crippen LogP contribution in [0.15, 0.2) is 71.3 Å². The van der Waals surface area contributed by atoms with Crippen LogP contribution in [0.25, 0.3) is 0 Å². The van der Waals surface area contributed by atoms with Crippen molar-refractivity contribution in [3.8, 4) is 6.07 Å². The standard InChI is InChI=1S/C23H18FN3O4/c1-13-19(21(28)30-2)23(17(11-25)20(26)31-13)16-8-3-4-9-18(16)27(22(23)29)12-14-6-5-7-15(24)10-14/h3-10H,12,26H2,1-2H3/t23-/m1/s1. The van der Waals surface area contributed by atoms with Crippen molar-refractivity contribution >= 4 is 17.6 Å². The Morgan fingerprint density at radius 3 is 2.71 bits per heavy atom. The van der Waals surface area contributed by atoms with E-state index in [0.717, 1.165) is 0 Å². The van der Waals surface area contributed by atoms with Crippen LogP contribution in [-0.2, 0) is 31.0 Å². The molecule has 1 atom stereocenters. The van der Waals surface area contributed by atoms with Crippen molar-refractivity contribution in [2.45, 2.75) is 18.9 Å². The van der Waals surface area contributed by atoms with Crippen LogP contribution >= 0.6 is 0 Å². The molecule has 0 fully saturated rings. The smallest absolute Gasteiger partial charge is 0.339 e. The molecule has 2 aromatic rings. The number of carbonyl (C=O) groups is 2. The lowest BCUT2D eigenvalue weighted by Gasteiger charge is -2.34. The summed E-state index contributed by atoms with van der Waals surface area (Å²) in [5.41, 5.74) is 5.30. The highest BCUT2D eigenvalue weighted by Gasteiger charge is 2.62. The Hall–Kier alpha value is -4.12. The summed E-state index contributed by atoms with van der Waals surface area (Å²) in [5.74, 6) is -2.01. The number of fused-ring (bicyclic) bond motifs is 2. The third kappa shape index (κ3) is 2.78. The van der Waals surface area contributed by atoms with Crippen LogP contribution in [0.3, 0.4) is 0 Å². The van der Waals surface area contributed by atoms with Crippen LogP contribution in [-0.4, -0.2) is 19.0 Å². The van der Waals surface area contributed by atoms with E-state index in [1.807, 2.05) is 6.07 Å². The molecule has 7 nitrogen and oxygen atoms in total. The zero-order valence-electron chi connectivity index (χ0n) is 16.8. The fourth-order valence-corrected chi connectivity index (χ4v) is 4.29. The average molecular weight is 419 g/mol.